The van der Waals surface area contributed by atoms with Crippen molar-refractivity contribution in [1.82, 2.24) is 0 Å². The lowest BCUT2D eigenvalue weighted by Gasteiger charge is -2.16. The molecule has 0 aromatic rings. The summed E-state index contributed by atoms with van der Waals surface area (Å²) in [6.07, 6.45) is 46.9. The van der Waals surface area contributed by atoms with Crippen LogP contribution < -0.4 is 0 Å². The highest BCUT2D eigenvalue weighted by Gasteiger charge is 2.13. The lowest BCUT2D eigenvalue weighted by atomic mass is 10.0. The van der Waals surface area contributed by atoms with Crippen LogP contribution in [0.3, 0.4) is 0 Å². The Bertz CT molecular complexity index is 604. The Balaban J connectivity index is 3.39. The van der Waals surface area contributed by atoms with Gasteiger partial charge in [-0.2, -0.15) is 0 Å². The van der Waals surface area contributed by atoms with Crippen molar-refractivity contribution >= 4 is 5.97 Å². The zero-order chi connectivity index (χ0) is 33.4. The number of esters is 1. The van der Waals surface area contributed by atoms with Gasteiger partial charge in [0, 0.05) is 13.0 Å². The van der Waals surface area contributed by atoms with Crippen LogP contribution in [-0.4, -0.2) is 37.0 Å². The third-order valence-electron chi connectivity index (χ3n) is 9.34. The molecule has 4 nitrogen and oxygen atoms in total. The second kappa shape index (κ2) is 40.3. The zero-order valence-corrected chi connectivity index (χ0v) is 31.4. The highest BCUT2D eigenvalue weighted by atomic mass is 16.6. The molecule has 46 heavy (non-hydrogen) atoms. The number of hydrogen-bond donors (Lipinski definition) is 1. The number of aliphatic hydroxyl groups excluding tert-OH is 1. The van der Waals surface area contributed by atoms with E-state index in [1.165, 1.54) is 186 Å². The minimum atomic E-state index is -0.528. The molecule has 0 radical (unpaired) electrons. The van der Waals surface area contributed by atoms with Gasteiger partial charge in [-0.05, 0) is 38.5 Å². The van der Waals surface area contributed by atoms with Crippen molar-refractivity contribution < 1.29 is 19.4 Å². The molecule has 0 saturated carbocycles. The SMILES string of the molecule is CCCCCCCC/C=C\CCCCCCCCCCCC(=O)OC(CO)COCCCCCCCCCCCCCCCCC. The molecule has 0 rings (SSSR count). The van der Waals surface area contributed by atoms with E-state index in [2.05, 4.69) is 26.0 Å². The number of ether oxygens (including phenoxy) is 2. The van der Waals surface area contributed by atoms with Gasteiger partial charge >= 0.3 is 5.97 Å². The largest absolute Gasteiger partial charge is 0.457 e. The van der Waals surface area contributed by atoms with Gasteiger partial charge in [0.1, 0.15) is 6.10 Å². The lowest BCUT2D eigenvalue weighted by Crippen LogP contribution is -2.27. The minimum Gasteiger partial charge on any atom is -0.457 e. The summed E-state index contributed by atoms with van der Waals surface area (Å²) in [5.74, 6) is -0.198. The standard InChI is InChI=1S/C42H82O4/c1-3-5-7-9-11-13-15-17-19-20-21-22-23-25-27-29-31-33-35-37-42(44)46-41(39-43)40-45-38-36-34-32-30-28-26-24-18-16-14-12-10-8-6-4-2/h17,19,41,43H,3-16,18,20-40H2,1-2H3/b19-17-. The minimum absolute atomic E-state index is 0.167. The monoisotopic (exact) mass is 651 g/mol. The Morgan fingerprint density at radius 3 is 1.24 bits per heavy atom. The van der Waals surface area contributed by atoms with Crippen LogP contribution in [0.25, 0.3) is 0 Å². The normalized spacial score (nSPS) is 12.3. The van der Waals surface area contributed by atoms with E-state index in [1.54, 1.807) is 0 Å². The summed E-state index contributed by atoms with van der Waals surface area (Å²) < 4.78 is 11.2. The molecule has 0 saturated heterocycles. The summed E-state index contributed by atoms with van der Waals surface area (Å²) in [7, 11) is 0. The van der Waals surface area contributed by atoms with E-state index in [-0.39, 0.29) is 12.6 Å². The van der Waals surface area contributed by atoms with Gasteiger partial charge in [0.05, 0.1) is 13.2 Å². The van der Waals surface area contributed by atoms with Crippen LogP contribution >= 0.6 is 0 Å². The molecule has 0 heterocycles. The second-order valence-corrected chi connectivity index (χ2v) is 14.1. The fourth-order valence-electron chi connectivity index (χ4n) is 6.21. The summed E-state index contributed by atoms with van der Waals surface area (Å²) >= 11 is 0. The first-order valence-electron chi connectivity index (χ1n) is 20.8. The molecule has 4 heteroatoms. The van der Waals surface area contributed by atoms with Gasteiger partial charge in [0.2, 0.25) is 0 Å². The average Bonchev–Trinajstić information content (AvgIpc) is 3.06. The first-order valence-corrected chi connectivity index (χ1v) is 20.8. The molecule has 0 aromatic carbocycles. The molecular weight excluding hydrogens is 568 g/mol. The Morgan fingerprint density at radius 1 is 0.500 bits per heavy atom. The number of hydrogen-bond acceptors (Lipinski definition) is 4. The van der Waals surface area contributed by atoms with Crippen LogP contribution in [0.5, 0.6) is 0 Å². The second-order valence-electron chi connectivity index (χ2n) is 14.1. The molecule has 274 valence electrons. The molecule has 0 fully saturated rings. The smallest absolute Gasteiger partial charge is 0.306 e. The van der Waals surface area contributed by atoms with Crippen molar-refractivity contribution in [2.75, 3.05) is 19.8 Å². The fraction of sp³-hybridized carbons (Fsp3) is 0.929. The predicted octanol–water partition coefficient (Wildman–Crippen LogP) is 13.4. The van der Waals surface area contributed by atoms with Crippen LogP contribution in [0.1, 0.15) is 226 Å². The lowest BCUT2D eigenvalue weighted by molar-refractivity contribution is -0.154. The molecule has 1 unspecified atom stereocenters. The van der Waals surface area contributed by atoms with E-state index < -0.39 is 6.10 Å². The number of allylic oxidation sites excluding steroid dienone is 2. The van der Waals surface area contributed by atoms with Crippen molar-refractivity contribution in [3.05, 3.63) is 12.2 Å². The maximum atomic E-state index is 12.2. The van der Waals surface area contributed by atoms with Gasteiger partial charge in [-0.1, -0.05) is 193 Å². The summed E-state index contributed by atoms with van der Waals surface area (Å²) in [5.41, 5.74) is 0. The highest BCUT2D eigenvalue weighted by molar-refractivity contribution is 5.69. The van der Waals surface area contributed by atoms with E-state index in [9.17, 15) is 9.90 Å². The highest BCUT2D eigenvalue weighted by Crippen LogP contribution is 2.15. The first kappa shape index (κ1) is 45.1. The summed E-state index contributed by atoms with van der Waals surface area (Å²) in [5, 5.41) is 9.58. The Kier molecular flexibility index (Phi) is 39.5. The molecule has 1 atom stereocenters. The van der Waals surface area contributed by atoms with Gasteiger partial charge in [-0.3, -0.25) is 4.79 Å². The molecule has 0 aliphatic carbocycles. The molecule has 1 N–H and O–H groups in total. The van der Waals surface area contributed by atoms with E-state index >= 15 is 0 Å². The summed E-state index contributed by atoms with van der Waals surface area (Å²) in [6.45, 7) is 5.38. The van der Waals surface area contributed by atoms with Crippen LogP contribution in [0.4, 0.5) is 0 Å². The van der Waals surface area contributed by atoms with E-state index in [1.807, 2.05) is 0 Å². The van der Waals surface area contributed by atoms with Crippen LogP contribution in [0.15, 0.2) is 12.2 Å². The number of carbonyl (C=O) groups excluding carboxylic acids is 1. The van der Waals surface area contributed by atoms with Gasteiger partial charge in [-0.25, -0.2) is 0 Å². The van der Waals surface area contributed by atoms with Crippen molar-refractivity contribution in [3.8, 4) is 0 Å². The third-order valence-corrected chi connectivity index (χ3v) is 9.34. The van der Waals surface area contributed by atoms with Crippen molar-refractivity contribution in [3.63, 3.8) is 0 Å². The molecule has 0 aliphatic rings. The van der Waals surface area contributed by atoms with Gasteiger partial charge in [-0.15, -0.1) is 0 Å². The number of aliphatic hydroxyl groups is 1. The fourth-order valence-corrected chi connectivity index (χ4v) is 6.21. The maximum Gasteiger partial charge on any atom is 0.306 e. The summed E-state index contributed by atoms with van der Waals surface area (Å²) in [4.78, 5) is 12.2. The average molecular weight is 651 g/mol. The van der Waals surface area contributed by atoms with Crippen LogP contribution in [-0.2, 0) is 14.3 Å². The number of unbranched alkanes of at least 4 members (excludes halogenated alkanes) is 29. The van der Waals surface area contributed by atoms with E-state index in [0.717, 1.165) is 19.3 Å². The van der Waals surface area contributed by atoms with Crippen LogP contribution in [0.2, 0.25) is 0 Å². The summed E-state index contributed by atoms with van der Waals surface area (Å²) in [6, 6.07) is 0. The molecule has 0 aromatic heterocycles. The van der Waals surface area contributed by atoms with E-state index in [0.29, 0.717) is 19.6 Å². The quantitative estimate of drug-likeness (QED) is 0.0408. The Hall–Kier alpha value is -0.870. The van der Waals surface area contributed by atoms with Gasteiger partial charge < -0.3 is 14.6 Å². The maximum absolute atomic E-state index is 12.2. The van der Waals surface area contributed by atoms with Crippen molar-refractivity contribution in [2.24, 2.45) is 0 Å². The predicted molar refractivity (Wildman–Crippen MR) is 201 cm³/mol. The topological polar surface area (TPSA) is 55.8 Å². The van der Waals surface area contributed by atoms with Crippen LogP contribution in [0, 0.1) is 0 Å². The Morgan fingerprint density at radius 2 is 0.848 bits per heavy atom. The van der Waals surface area contributed by atoms with Gasteiger partial charge in [0.15, 0.2) is 0 Å². The molecule has 0 bridgehead atoms. The molecule has 0 amide bonds. The molecular formula is C42H82O4. The zero-order valence-electron chi connectivity index (χ0n) is 31.4. The van der Waals surface area contributed by atoms with Gasteiger partial charge in [0.25, 0.3) is 0 Å². The Labute approximate surface area is 288 Å². The van der Waals surface area contributed by atoms with Crippen molar-refractivity contribution in [2.45, 2.75) is 232 Å². The molecule has 0 aliphatic heterocycles. The first-order chi connectivity index (χ1) is 22.7. The number of rotatable bonds is 39. The third kappa shape index (κ3) is 37.6. The van der Waals surface area contributed by atoms with Crippen molar-refractivity contribution in [1.29, 1.82) is 0 Å². The van der Waals surface area contributed by atoms with E-state index in [4.69, 9.17) is 9.47 Å². The number of carbonyl (C=O) groups is 1. The molecule has 0 spiro atoms.